The molecule has 3 unspecified atom stereocenters. The topological polar surface area (TPSA) is 20.2 Å². The summed E-state index contributed by atoms with van der Waals surface area (Å²) < 4.78 is 0. The van der Waals surface area contributed by atoms with Crippen LogP contribution in [0.1, 0.15) is 39.2 Å². The van der Waals surface area contributed by atoms with Gasteiger partial charge in [0.2, 0.25) is 0 Å². The summed E-state index contributed by atoms with van der Waals surface area (Å²) in [5.74, 6) is 1.76. The van der Waals surface area contributed by atoms with Crippen LogP contribution in [0.2, 0.25) is 0 Å². The van der Waals surface area contributed by atoms with Gasteiger partial charge in [0.1, 0.15) is 0 Å². The highest BCUT2D eigenvalue weighted by molar-refractivity contribution is 5.25. The van der Waals surface area contributed by atoms with Crippen molar-refractivity contribution >= 4 is 0 Å². The van der Waals surface area contributed by atoms with Gasteiger partial charge in [-0.15, -0.1) is 0 Å². The summed E-state index contributed by atoms with van der Waals surface area (Å²) in [6.45, 7) is 8.68. The van der Waals surface area contributed by atoms with Crippen LogP contribution in [0.15, 0.2) is 30.3 Å². The van der Waals surface area contributed by atoms with Crippen molar-refractivity contribution in [1.29, 1.82) is 0 Å². The minimum Gasteiger partial charge on any atom is -0.393 e. The largest absolute Gasteiger partial charge is 0.393 e. The van der Waals surface area contributed by atoms with Crippen LogP contribution in [0.25, 0.3) is 0 Å². The standard InChI is InChI=1S/C15H22O/c1-10(13-8-6-5-7-9-13)14-11(2)15(14,4)12(3)16/h5-12,14,16H,1-4H3/t10-,11?,12?,14?,15+/m0/s1. The average molecular weight is 218 g/mol. The molecule has 0 aliphatic heterocycles. The lowest BCUT2D eigenvalue weighted by atomic mass is 9.89. The van der Waals surface area contributed by atoms with Crippen LogP contribution in [0.3, 0.4) is 0 Å². The Labute approximate surface area is 98.5 Å². The van der Waals surface area contributed by atoms with Gasteiger partial charge in [-0.1, -0.05) is 51.1 Å². The van der Waals surface area contributed by atoms with Crippen molar-refractivity contribution in [2.75, 3.05) is 0 Å². The van der Waals surface area contributed by atoms with Gasteiger partial charge in [-0.25, -0.2) is 0 Å². The van der Waals surface area contributed by atoms with E-state index in [1.807, 2.05) is 6.92 Å². The Balaban J connectivity index is 2.17. The molecule has 1 aromatic carbocycles. The monoisotopic (exact) mass is 218 g/mol. The molecule has 0 amide bonds. The van der Waals surface area contributed by atoms with E-state index in [-0.39, 0.29) is 11.5 Å². The first-order valence-electron chi connectivity index (χ1n) is 6.22. The second-order valence-corrected chi connectivity index (χ2v) is 5.56. The van der Waals surface area contributed by atoms with Gasteiger partial charge in [0, 0.05) is 0 Å². The van der Waals surface area contributed by atoms with E-state index in [0.29, 0.717) is 17.8 Å². The van der Waals surface area contributed by atoms with Crippen LogP contribution in [-0.4, -0.2) is 11.2 Å². The minimum absolute atomic E-state index is 0.106. The molecule has 1 aromatic rings. The molecule has 1 aliphatic rings. The maximum Gasteiger partial charge on any atom is 0.0571 e. The van der Waals surface area contributed by atoms with E-state index in [0.717, 1.165) is 0 Å². The molecule has 1 nitrogen and oxygen atoms in total. The number of aliphatic hydroxyl groups is 1. The van der Waals surface area contributed by atoms with Crippen LogP contribution < -0.4 is 0 Å². The maximum absolute atomic E-state index is 9.89. The minimum atomic E-state index is -0.210. The molecular weight excluding hydrogens is 196 g/mol. The number of aliphatic hydroxyl groups excluding tert-OH is 1. The predicted molar refractivity (Wildman–Crippen MR) is 67.3 cm³/mol. The molecule has 0 saturated heterocycles. The van der Waals surface area contributed by atoms with E-state index in [9.17, 15) is 5.11 Å². The lowest BCUT2D eigenvalue weighted by Gasteiger charge is -2.19. The molecule has 2 rings (SSSR count). The highest BCUT2D eigenvalue weighted by Crippen LogP contribution is 2.65. The molecule has 0 heterocycles. The lowest BCUT2D eigenvalue weighted by Crippen LogP contribution is -2.19. The van der Waals surface area contributed by atoms with E-state index in [1.165, 1.54) is 5.56 Å². The predicted octanol–water partition coefficient (Wildman–Crippen LogP) is 3.44. The van der Waals surface area contributed by atoms with Gasteiger partial charge in [-0.3, -0.25) is 0 Å². The smallest absolute Gasteiger partial charge is 0.0571 e. The summed E-state index contributed by atoms with van der Waals surface area (Å²) in [4.78, 5) is 0. The third kappa shape index (κ3) is 1.58. The molecule has 1 heteroatoms. The van der Waals surface area contributed by atoms with Gasteiger partial charge < -0.3 is 5.11 Å². The molecule has 0 aromatic heterocycles. The molecule has 1 N–H and O–H groups in total. The normalized spacial score (nSPS) is 36.8. The number of rotatable bonds is 3. The van der Waals surface area contributed by atoms with Crippen molar-refractivity contribution < 1.29 is 5.11 Å². The Morgan fingerprint density at radius 1 is 1.19 bits per heavy atom. The Hall–Kier alpha value is -0.820. The molecule has 0 bridgehead atoms. The molecule has 1 aliphatic carbocycles. The fraction of sp³-hybridized carbons (Fsp3) is 0.600. The fourth-order valence-electron chi connectivity index (χ4n) is 3.39. The van der Waals surface area contributed by atoms with Crippen LogP contribution in [0.4, 0.5) is 0 Å². The van der Waals surface area contributed by atoms with Gasteiger partial charge in [0.05, 0.1) is 6.10 Å². The van der Waals surface area contributed by atoms with Crippen molar-refractivity contribution in [3.63, 3.8) is 0 Å². The van der Waals surface area contributed by atoms with Crippen molar-refractivity contribution in [1.82, 2.24) is 0 Å². The first-order valence-corrected chi connectivity index (χ1v) is 6.22. The summed E-state index contributed by atoms with van der Waals surface area (Å²) in [6.07, 6.45) is -0.210. The van der Waals surface area contributed by atoms with Gasteiger partial charge >= 0.3 is 0 Å². The zero-order chi connectivity index (χ0) is 11.9. The highest BCUT2D eigenvalue weighted by Gasteiger charge is 2.62. The summed E-state index contributed by atoms with van der Waals surface area (Å²) in [5, 5.41) is 9.89. The Morgan fingerprint density at radius 3 is 2.19 bits per heavy atom. The van der Waals surface area contributed by atoms with Crippen LogP contribution in [0.5, 0.6) is 0 Å². The van der Waals surface area contributed by atoms with Gasteiger partial charge in [-0.2, -0.15) is 0 Å². The van der Waals surface area contributed by atoms with Crippen molar-refractivity contribution in [3.8, 4) is 0 Å². The Kier molecular flexibility index (Phi) is 2.83. The number of hydrogen-bond acceptors (Lipinski definition) is 1. The second-order valence-electron chi connectivity index (χ2n) is 5.56. The summed E-state index contributed by atoms with van der Waals surface area (Å²) in [6, 6.07) is 10.6. The molecular formula is C15H22O. The second kappa shape index (κ2) is 3.89. The zero-order valence-electron chi connectivity index (χ0n) is 10.6. The van der Waals surface area contributed by atoms with Gasteiger partial charge in [0.15, 0.2) is 0 Å². The zero-order valence-corrected chi connectivity index (χ0v) is 10.6. The third-order valence-corrected chi connectivity index (χ3v) is 4.89. The van der Waals surface area contributed by atoms with E-state index < -0.39 is 0 Å². The van der Waals surface area contributed by atoms with Crippen molar-refractivity contribution in [3.05, 3.63) is 35.9 Å². The first-order chi connectivity index (χ1) is 7.49. The summed E-state index contributed by atoms with van der Waals surface area (Å²) in [7, 11) is 0. The Morgan fingerprint density at radius 2 is 1.75 bits per heavy atom. The Bertz CT molecular complexity index is 357. The summed E-state index contributed by atoms with van der Waals surface area (Å²) in [5.41, 5.74) is 1.50. The molecule has 5 atom stereocenters. The molecule has 0 spiro atoms. The SMILES string of the molecule is CC(O)[C@@]1(C)C(C)C1[C@@H](C)c1ccccc1. The quantitative estimate of drug-likeness (QED) is 0.824. The molecule has 0 radical (unpaired) electrons. The highest BCUT2D eigenvalue weighted by atomic mass is 16.3. The van der Waals surface area contributed by atoms with Crippen LogP contribution in [0, 0.1) is 17.3 Å². The van der Waals surface area contributed by atoms with Gasteiger partial charge in [-0.05, 0) is 35.7 Å². The van der Waals surface area contributed by atoms with E-state index in [1.54, 1.807) is 0 Å². The third-order valence-electron chi connectivity index (χ3n) is 4.89. The fourth-order valence-corrected chi connectivity index (χ4v) is 3.39. The first kappa shape index (κ1) is 11.7. The van der Waals surface area contributed by atoms with E-state index in [2.05, 4.69) is 51.1 Å². The number of hydrogen-bond donors (Lipinski definition) is 1. The molecule has 1 fully saturated rings. The van der Waals surface area contributed by atoms with Crippen molar-refractivity contribution in [2.24, 2.45) is 17.3 Å². The summed E-state index contributed by atoms with van der Waals surface area (Å²) >= 11 is 0. The lowest BCUT2D eigenvalue weighted by molar-refractivity contribution is 0.102. The van der Waals surface area contributed by atoms with Crippen LogP contribution >= 0.6 is 0 Å². The van der Waals surface area contributed by atoms with E-state index in [4.69, 9.17) is 0 Å². The molecule has 1 saturated carbocycles. The average Bonchev–Trinajstić information content (AvgIpc) is 2.84. The van der Waals surface area contributed by atoms with E-state index >= 15 is 0 Å². The van der Waals surface area contributed by atoms with Gasteiger partial charge in [0.25, 0.3) is 0 Å². The number of benzene rings is 1. The van der Waals surface area contributed by atoms with Crippen LogP contribution in [-0.2, 0) is 0 Å². The maximum atomic E-state index is 9.89. The van der Waals surface area contributed by atoms with Crippen molar-refractivity contribution in [2.45, 2.75) is 39.7 Å². The molecule has 16 heavy (non-hydrogen) atoms. The molecule has 88 valence electrons.